The van der Waals surface area contributed by atoms with Gasteiger partial charge in [0, 0.05) is 0 Å². The Labute approximate surface area is 90.9 Å². The summed E-state index contributed by atoms with van der Waals surface area (Å²) in [6.07, 6.45) is 3.84. The molecular formula is C8H10N2O6. The van der Waals surface area contributed by atoms with E-state index in [0.29, 0.717) is 0 Å². The van der Waals surface area contributed by atoms with Gasteiger partial charge in [-0.05, 0) is 0 Å². The molecule has 0 saturated heterocycles. The average Bonchev–Trinajstić information content (AvgIpc) is 2.22. The molecule has 0 N–H and O–H groups in total. The molecule has 0 fully saturated rings. The van der Waals surface area contributed by atoms with E-state index >= 15 is 0 Å². The Bertz CT molecular complexity index is 331. The van der Waals surface area contributed by atoms with Crippen LogP contribution in [0.2, 0.25) is 0 Å². The first-order valence-corrected chi connectivity index (χ1v) is 4.22. The summed E-state index contributed by atoms with van der Waals surface area (Å²) in [6.45, 7) is 0.577. The molecule has 0 aromatic carbocycles. The normalized spacial score (nSPS) is 10.2. The number of nitro groups is 2. The number of nitrogens with zero attached hydrogens (tertiary/aromatic N) is 2. The number of carbonyl (C=O) groups is 1. The first-order chi connectivity index (χ1) is 7.34. The Balaban J connectivity index is 4.36. The SMILES string of the molecule is C#CCOC(=O)CCC(C)([N+](=O)[O-])[N+](=O)[O-]. The first-order valence-electron chi connectivity index (χ1n) is 4.22. The molecule has 0 aromatic rings. The number of rotatable bonds is 6. The van der Waals surface area contributed by atoms with Crippen molar-refractivity contribution in [2.45, 2.75) is 25.4 Å². The second kappa shape index (κ2) is 5.65. The molecule has 0 unspecified atom stereocenters. The van der Waals surface area contributed by atoms with Crippen LogP contribution in [0.4, 0.5) is 0 Å². The zero-order valence-corrected chi connectivity index (χ0v) is 8.54. The van der Waals surface area contributed by atoms with E-state index in [9.17, 15) is 25.0 Å². The van der Waals surface area contributed by atoms with Crippen LogP contribution in [0.5, 0.6) is 0 Å². The monoisotopic (exact) mass is 230 g/mol. The zero-order valence-electron chi connectivity index (χ0n) is 8.54. The number of hydrogen-bond acceptors (Lipinski definition) is 6. The van der Waals surface area contributed by atoms with Crippen LogP contribution in [0.15, 0.2) is 0 Å². The molecule has 0 atom stereocenters. The van der Waals surface area contributed by atoms with Gasteiger partial charge in [-0.3, -0.25) is 25.0 Å². The summed E-state index contributed by atoms with van der Waals surface area (Å²) in [5.74, 6) is 1.23. The Morgan fingerprint density at radius 3 is 2.31 bits per heavy atom. The van der Waals surface area contributed by atoms with Gasteiger partial charge in [0.1, 0.15) is 0 Å². The van der Waals surface area contributed by atoms with E-state index < -0.39 is 34.3 Å². The summed E-state index contributed by atoms with van der Waals surface area (Å²) in [4.78, 5) is 29.8. The summed E-state index contributed by atoms with van der Waals surface area (Å²) >= 11 is 0. The number of terminal acetylenes is 1. The van der Waals surface area contributed by atoms with Crippen LogP contribution in [-0.2, 0) is 9.53 Å². The summed E-state index contributed by atoms with van der Waals surface area (Å²) in [5.41, 5.74) is -2.38. The van der Waals surface area contributed by atoms with Crippen LogP contribution in [0, 0.1) is 32.6 Å². The lowest BCUT2D eigenvalue weighted by atomic mass is 10.1. The summed E-state index contributed by atoms with van der Waals surface area (Å²) in [5, 5.41) is 20.9. The second-order valence-corrected chi connectivity index (χ2v) is 3.10. The average molecular weight is 230 g/mol. The Morgan fingerprint density at radius 2 is 1.94 bits per heavy atom. The molecule has 16 heavy (non-hydrogen) atoms. The van der Waals surface area contributed by atoms with Crippen molar-refractivity contribution >= 4 is 5.97 Å². The fourth-order valence-corrected chi connectivity index (χ4v) is 0.782. The Kier molecular flexibility index (Phi) is 4.88. The molecule has 0 aliphatic heterocycles. The van der Waals surface area contributed by atoms with Gasteiger partial charge in [0.05, 0.1) is 29.6 Å². The predicted molar refractivity (Wildman–Crippen MR) is 51.4 cm³/mol. The van der Waals surface area contributed by atoms with E-state index in [1.807, 2.05) is 5.92 Å². The van der Waals surface area contributed by atoms with Crippen LogP contribution in [-0.4, -0.2) is 28.1 Å². The highest BCUT2D eigenvalue weighted by Gasteiger charge is 2.50. The predicted octanol–water partition coefficient (Wildman–Crippen LogP) is 0.213. The minimum atomic E-state index is -2.38. The lowest BCUT2D eigenvalue weighted by Gasteiger charge is -2.11. The van der Waals surface area contributed by atoms with Gasteiger partial charge < -0.3 is 4.74 Å². The van der Waals surface area contributed by atoms with Gasteiger partial charge in [0.25, 0.3) is 0 Å². The largest absolute Gasteiger partial charge is 0.456 e. The number of ether oxygens (including phenoxy) is 1. The minimum Gasteiger partial charge on any atom is -0.452 e. The van der Waals surface area contributed by atoms with E-state index in [1.54, 1.807) is 0 Å². The Morgan fingerprint density at radius 1 is 1.44 bits per heavy atom. The van der Waals surface area contributed by atoms with E-state index in [0.717, 1.165) is 6.92 Å². The zero-order chi connectivity index (χ0) is 12.8. The molecule has 0 saturated carbocycles. The third kappa shape index (κ3) is 3.53. The highest BCUT2D eigenvalue weighted by atomic mass is 16.7. The van der Waals surface area contributed by atoms with Gasteiger partial charge in [-0.2, -0.15) is 0 Å². The molecule has 0 aliphatic rings. The molecule has 8 heteroatoms. The van der Waals surface area contributed by atoms with Crippen LogP contribution in [0.3, 0.4) is 0 Å². The highest BCUT2D eigenvalue weighted by Crippen LogP contribution is 2.17. The summed E-state index contributed by atoms with van der Waals surface area (Å²) < 4.78 is 4.43. The first kappa shape index (κ1) is 13.8. The van der Waals surface area contributed by atoms with Crippen molar-refractivity contribution in [2.24, 2.45) is 0 Å². The van der Waals surface area contributed by atoms with Crippen LogP contribution in [0.25, 0.3) is 0 Å². The molecule has 0 radical (unpaired) electrons. The Hall–Kier alpha value is -2.17. The highest BCUT2D eigenvalue weighted by molar-refractivity contribution is 5.69. The van der Waals surface area contributed by atoms with E-state index in [-0.39, 0.29) is 6.61 Å². The number of esters is 1. The molecule has 0 aromatic heterocycles. The standard InChI is InChI=1S/C8H10N2O6/c1-3-6-16-7(11)4-5-8(2,9(12)13)10(14)15/h1H,4-6H2,2H3. The molecule has 0 amide bonds. The number of carbonyl (C=O) groups excluding carboxylic acids is 1. The molecular weight excluding hydrogens is 220 g/mol. The van der Waals surface area contributed by atoms with Gasteiger partial charge >= 0.3 is 11.6 Å². The quantitative estimate of drug-likeness (QED) is 0.212. The summed E-state index contributed by atoms with van der Waals surface area (Å²) in [6, 6.07) is 0. The van der Waals surface area contributed by atoms with Crippen LogP contribution >= 0.6 is 0 Å². The fourth-order valence-electron chi connectivity index (χ4n) is 0.782. The summed E-state index contributed by atoms with van der Waals surface area (Å²) in [7, 11) is 0. The van der Waals surface area contributed by atoms with Gasteiger partial charge in [-0.25, -0.2) is 0 Å². The van der Waals surface area contributed by atoms with Crippen molar-refractivity contribution in [3.63, 3.8) is 0 Å². The van der Waals surface area contributed by atoms with Crippen molar-refractivity contribution in [1.82, 2.24) is 0 Å². The van der Waals surface area contributed by atoms with Crippen LogP contribution in [0.1, 0.15) is 19.8 Å². The molecule has 0 heterocycles. The topological polar surface area (TPSA) is 113 Å². The van der Waals surface area contributed by atoms with Gasteiger partial charge in [-0.1, -0.05) is 5.92 Å². The van der Waals surface area contributed by atoms with E-state index in [1.165, 1.54) is 0 Å². The van der Waals surface area contributed by atoms with Crippen molar-refractivity contribution in [3.05, 3.63) is 20.2 Å². The third-order valence-electron chi connectivity index (χ3n) is 1.91. The lowest BCUT2D eigenvalue weighted by molar-refractivity contribution is -0.792. The molecule has 8 nitrogen and oxygen atoms in total. The molecule has 0 rings (SSSR count). The number of hydrogen-bond donors (Lipinski definition) is 0. The van der Waals surface area contributed by atoms with Gasteiger partial charge in [0.2, 0.25) is 0 Å². The molecule has 0 bridgehead atoms. The van der Waals surface area contributed by atoms with Crippen molar-refractivity contribution in [2.75, 3.05) is 6.61 Å². The second-order valence-electron chi connectivity index (χ2n) is 3.10. The smallest absolute Gasteiger partial charge is 0.452 e. The van der Waals surface area contributed by atoms with Gasteiger partial charge in [0.15, 0.2) is 6.61 Å². The fraction of sp³-hybridized carbons (Fsp3) is 0.625. The molecule has 88 valence electrons. The lowest BCUT2D eigenvalue weighted by Crippen LogP contribution is -2.43. The van der Waals surface area contributed by atoms with Crippen molar-refractivity contribution < 1.29 is 19.4 Å². The van der Waals surface area contributed by atoms with E-state index in [2.05, 4.69) is 4.74 Å². The minimum absolute atomic E-state index is 0.257. The molecule has 0 aliphatic carbocycles. The van der Waals surface area contributed by atoms with Gasteiger partial charge in [-0.15, -0.1) is 6.42 Å². The maximum Gasteiger partial charge on any atom is 0.456 e. The van der Waals surface area contributed by atoms with E-state index in [4.69, 9.17) is 6.42 Å². The maximum atomic E-state index is 10.9. The third-order valence-corrected chi connectivity index (χ3v) is 1.91. The van der Waals surface area contributed by atoms with Crippen LogP contribution < -0.4 is 0 Å². The van der Waals surface area contributed by atoms with Crippen molar-refractivity contribution in [3.8, 4) is 12.3 Å². The van der Waals surface area contributed by atoms with Crippen molar-refractivity contribution in [1.29, 1.82) is 0 Å². The maximum absolute atomic E-state index is 10.9. The molecule has 0 spiro atoms.